The van der Waals surface area contributed by atoms with E-state index in [0.29, 0.717) is 22.2 Å². The van der Waals surface area contributed by atoms with Crippen molar-refractivity contribution in [3.05, 3.63) is 23.8 Å². The highest BCUT2D eigenvalue weighted by atomic mass is 14.6. The van der Waals surface area contributed by atoms with E-state index in [-0.39, 0.29) is 0 Å². The van der Waals surface area contributed by atoms with Gasteiger partial charge in [0.05, 0.1) is 0 Å². The van der Waals surface area contributed by atoms with Gasteiger partial charge >= 0.3 is 0 Å². The van der Waals surface area contributed by atoms with E-state index >= 15 is 0 Å². The van der Waals surface area contributed by atoms with Gasteiger partial charge in [-0.1, -0.05) is 57.9 Å². The van der Waals surface area contributed by atoms with Crippen LogP contribution in [0.25, 0.3) is 0 Å². The van der Waals surface area contributed by atoms with Gasteiger partial charge in [0.1, 0.15) is 0 Å². The Bertz CT molecular complexity index is 532. The van der Waals surface area contributed by atoms with E-state index in [2.05, 4.69) is 54.2 Å². The number of hydrogen-bond donors (Lipinski definition) is 0. The maximum absolute atomic E-state index is 4.54. The molecular weight excluding hydrogens is 288 g/mol. The molecule has 0 radical (unpaired) electrons. The Kier molecular flexibility index (Phi) is 4.59. The summed E-state index contributed by atoms with van der Waals surface area (Å²) < 4.78 is 0. The van der Waals surface area contributed by atoms with E-state index in [4.69, 9.17) is 0 Å². The molecule has 0 heteroatoms. The first kappa shape index (κ1) is 18.3. The van der Waals surface area contributed by atoms with E-state index in [9.17, 15) is 0 Å². The summed E-state index contributed by atoms with van der Waals surface area (Å²) in [7, 11) is 0. The highest BCUT2D eigenvalue weighted by Gasteiger charge is 2.60. The van der Waals surface area contributed by atoms with Gasteiger partial charge in [-0.05, 0) is 92.8 Å². The third-order valence-electron chi connectivity index (χ3n) is 8.64. The minimum atomic E-state index is 0.472. The highest BCUT2D eigenvalue weighted by Crippen LogP contribution is 2.69. The van der Waals surface area contributed by atoms with Gasteiger partial charge in [0.2, 0.25) is 0 Å². The zero-order valence-electron chi connectivity index (χ0n) is 17.2. The zero-order chi connectivity index (χ0) is 17.8. The first-order valence-electron chi connectivity index (χ1n) is 10.4. The Morgan fingerprint density at radius 2 is 1.71 bits per heavy atom. The zero-order valence-corrected chi connectivity index (χ0v) is 17.2. The topological polar surface area (TPSA) is 0 Å². The number of rotatable bonds is 2. The van der Waals surface area contributed by atoms with Crippen LogP contribution in [0.5, 0.6) is 0 Å². The van der Waals surface area contributed by atoms with Crippen LogP contribution in [0, 0.1) is 34.0 Å². The highest BCUT2D eigenvalue weighted by molar-refractivity contribution is 5.20. The van der Waals surface area contributed by atoms with Gasteiger partial charge in [0.15, 0.2) is 0 Å². The van der Waals surface area contributed by atoms with Crippen LogP contribution in [-0.2, 0) is 0 Å². The fourth-order valence-electron chi connectivity index (χ4n) is 7.52. The van der Waals surface area contributed by atoms with E-state index in [1.165, 1.54) is 56.9 Å². The summed E-state index contributed by atoms with van der Waals surface area (Å²) in [5.74, 6) is 2.52. The monoisotopic (exact) mass is 328 g/mol. The fourth-order valence-corrected chi connectivity index (χ4v) is 7.52. The van der Waals surface area contributed by atoms with Gasteiger partial charge in [-0.25, -0.2) is 0 Å². The molecule has 3 fully saturated rings. The number of fused-ring (bicyclic) bond motifs is 3. The number of hydrogen-bond acceptors (Lipinski definition) is 0. The summed E-state index contributed by atoms with van der Waals surface area (Å²) in [6.45, 7) is 19.4. The smallest absolute Gasteiger partial charge is 0.0114 e. The second-order valence-electron chi connectivity index (χ2n) is 10.8. The first-order chi connectivity index (χ1) is 11.1. The van der Waals surface area contributed by atoms with Crippen LogP contribution in [0.15, 0.2) is 23.8 Å². The molecule has 0 nitrogen and oxygen atoms in total. The Labute approximate surface area is 151 Å². The average Bonchev–Trinajstić information content (AvgIpc) is 2.44. The summed E-state index contributed by atoms with van der Waals surface area (Å²) in [6, 6.07) is 0. The van der Waals surface area contributed by atoms with Crippen LogP contribution >= 0.6 is 0 Å². The minimum absolute atomic E-state index is 0.472. The third kappa shape index (κ3) is 2.73. The van der Waals surface area contributed by atoms with Gasteiger partial charge in [-0.2, -0.15) is 0 Å². The molecule has 1 unspecified atom stereocenters. The van der Waals surface area contributed by atoms with Crippen LogP contribution in [0.2, 0.25) is 0 Å². The van der Waals surface area contributed by atoms with Gasteiger partial charge < -0.3 is 0 Å². The molecule has 0 bridgehead atoms. The Hall–Kier alpha value is -0.520. The van der Waals surface area contributed by atoms with Crippen LogP contribution in [0.3, 0.4) is 0 Å². The van der Waals surface area contributed by atoms with E-state index in [0.717, 1.165) is 11.8 Å². The summed E-state index contributed by atoms with van der Waals surface area (Å²) in [4.78, 5) is 0. The lowest BCUT2D eigenvalue weighted by Crippen LogP contribution is -2.58. The Morgan fingerprint density at radius 1 is 1.00 bits per heavy atom. The summed E-state index contributed by atoms with van der Waals surface area (Å²) >= 11 is 0. The molecule has 0 amide bonds. The standard InChI is InChI=1S/C24H40/c1-17(2)9-11-19-18(3)10-12-21-23(19,6)16-13-20-22(4,5)14-8-15-24(20,21)7/h9,19-21H,3,8,10-16H2,1-2,4-7H3/t19-,20?,21+,23+,24+/m1/s1. The maximum Gasteiger partial charge on any atom is -0.0114 e. The molecule has 3 aliphatic rings. The second-order valence-corrected chi connectivity index (χ2v) is 10.8. The van der Waals surface area contributed by atoms with Crippen molar-refractivity contribution in [1.82, 2.24) is 0 Å². The van der Waals surface area contributed by atoms with Crippen molar-refractivity contribution in [2.45, 2.75) is 92.9 Å². The van der Waals surface area contributed by atoms with Crippen molar-refractivity contribution in [3.8, 4) is 0 Å². The van der Waals surface area contributed by atoms with Crippen molar-refractivity contribution < 1.29 is 0 Å². The Balaban J connectivity index is 1.96. The van der Waals surface area contributed by atoms with Crippen molar-refractivity contribution in [1.29, 1.82) is 0 Å². The lowest BCUT2D eigenvalue weighted by Gasteiger charge is -2.66. The summed E-state index contributed by atoms with van der Waals surface area (Å²) in [5, 5.41) is 0. The predicted octanol–water partition coefficient (Wildman–Crippen LogP) is 7.56. The molecule has 0 heterocycles. The molecule has 0 saturated heterocycles. The van der Waals surface area contributed by atoms with Crippen LogP contribution in [0.1, 0.15) is 92.9 Å². The second kappa shape index (κ2) is 6.03. The molecular formula is C24H40. The molecule has 3 rings (SSSR count). The number of allylic oxidation sites excluding steroid dienone is 3. The van der Waals surface area contributed by atoms with Gasteiger partial charge in [-0.3, -0.25) is 0 Å². The third-order valence-corrected chi connectivity index (χ3v) is 8.64. The van der Waals surface area contributed by atoms with Crippen LogP contribution in [-0.4, -0.2) is 0 Å². The van der Waals surface area contributed by atoms with Crippen LogP contribution in [0.4, 0.5) is 0 Å². The molecule has 3 aliphatic carbocycles. The van der Waals surface area contributed by atoms with Gasteiger partial charge in [-0.15, -0.1) is 0 Å². The molecule has 24 heavy (non-hydrogen) atoms. The molecule has 0 aromatic heterocycles. The fraction of sp³-hybridized carbons (Fsp3) is 0.833. The van der Waals surface area contributed by atoms with Gasteiger partial charge in [0.25, 0.3) is 0 Å². The lowest BCUT2D eigenvalue weighted by molar-refractivity contribution is -0.152. The first-order valence-corrected chi connectivity index (χ1v) is 10.4. The molecule has 136 valence electrons. The quantitative estimate of drug-likeness (QED) is 0.459. The lowest BCUT2D eigenvalue weighted by atomic mass is 9.39. The van der Waals surface area contributed by atoms with Gasteiger partial charge in [0, 0.05) is 0 Å². The SMILES string of the molecule is C=C1CC[C@H]2[C@@](C)(CCC3C(C)(C)CCC[C@@]32C)[C@@H]1CC=C(C)C. The van der Waals surface area contributed by atoms with Crippen molar-refractivity contribution >= 4 is 0 Å². The molecule has 0 spiro atoms. The Morgan fingerprint density at radius 3 is 2.38 bits per heavy atom. The average molecular weight is 329 g/mol. The van der Waals surface area contributed by atoms with Crippen molar-refractivity contribution in [3.63, 3.8) is 0 Å². The largest absolute Gasteiger partial charge is 0.0995 e. The minimum Gasteiger partial charge on any atom is -0.0995 e. The van der Waals surface area contributed by atoms with Crippen molar-refractivity contribution in [2.24, 2.45) is 34.0 Å². The molecule has 0 aromatic carbocycles. The van der Waals surface area contributed by atoms with Crippen molar-refractivity contribution in [2.75, 3.05) is 0 Å². The summed E-state index contributed by atoms with van der Waals surface area (Å²) in [5.41, 5.74) is 4.58. The summed E-state index contributed by atoms with van der Waals surface area (Å²) in [6.07, 6.45) is 13.5. The molecule has 0 N–H and O–H groups in total. The molecule has 5 atom stereocenters. The predicted molar refractivity (Wildman–Crippen MR) is 106 cm³/mol. The van der Waals surface area contributed by atoms with E-state index in [1.54, 1.807) is 5.57 Å². The molecule has 0 aliphatic heterocycles. The van der Waals surface area contributed by atoms with E-state index in [1.807, 2.05) is 0 Å². The van der Waals surface area contributed by atoms with Crippen LogP contribution < -0.4 is 0 Å². The molecule has 3 saturated carbocycles. The normalized spacial score (nSPS) is 44.4. The maximum atomic E-state index is 4.54. The molecule has 0 aromatic rings. The van der Waals surface area contributed by atoms with E-state index < -0.39 is 0 Å².